The lowest BCUT2D eigenvalue weighted by molar-refractivity contribution is -0.137. The summed E-state index contributed by atoms with van der Waals surface area (Å²) in [7, 11) is 1.78. The van der Waals surface area contributed by atoms with Gasteiger partial charge in [-0.1, -0.05) is 13.3 Å². The lowest BCUT2D eigenvalue weighted by Crippen LogP contribution is -2.17. The molecular formula is C16H25ClF3N3O. The standard InChI is InChI=1S/C16H24F3N3O.ClH/c1-3-4-10-21-13-8-7-12(16(17,18)19)11-14(13)22-15(23)6-5-9-20-2;/h7-8,11,20-21H,3-6,9-10H2,1-2H3,(H,22,23);1H. The van der Waals surface area contributed by atoms with Gasteiger partial charge in [-0.25, -0.2) is 0 Å². The predicted molar refractivity (Wildman–Crippen MR) is 93.9 cm³/mol. The summed E-state index contributed by atoms with van der Waals surface area (Å²) in [5.41, 5.74) is -0.0946. The number of rotatable bonds is 9. The maximum atomic E-state index is 12.9. The minimum Gasteiger partial charge on any atom is -0.383 e. The highest BCUT2D eigenvalue weighted by Gasteiger charge is 2.31. The van der Waals surface area contributed by atoms with Crippen LogP contribution in [0.1, 0.15) is 38.2 Å². The van der Waals surface area contributed by atoms with Crippen molar-refractivity contribution in [1.29, 1.82) is 0 Å². The van der Waals surface area contributed by atoms with Gasteiger partial charge in [-0.2, -0.15) is 13.2 Å². The SMILES string of the molecule is CCCCNc1ccc(C(F)(F)F)cc1NC(=O)CCCNC.Cl. The summed E-state index contributed by atoms with van der Waals surface area (Å²) in [5, 5.41) is 8.57. The molecule has 0 saturated heterocycles. The normalized spacial score (nSPS) is 10.9. The van der Waals surface area contributed by atoms with Gasteiger partial charge in [0.15, 0.2) is 0 Å². The number of hydrogen-bond donors (Lipinski definition) is 3. The maximum absolute atomic E-state index is 12.9. The third-order valence-electron chi connectivity index (χ3n) is 3.30. The first-order valence-electron chi connectivity index (χ1n) is 7.78. The molecule has 0 saturated carbocycles. The highest BCUT2D eigenvalue weighted by Crippen LogP contribution is 2.34. The van der Waals surface area contributed by atoms with Crippen LogP contribution in [0.3, 0.4) is 0 Å². The van der Waals surface area contributed by atoms with E-state index in [4.69, 9.17) is 0 Å². The van der Waals surface area contributed by atoms with Crippen molar-refractivity contribution >= 4 is 29.7 Å². The molecule has 0 aliphatic heterocycles. The predicted octanol–water partition coefficient (Wildman–Crippen LogP) is 4.28. The van der Waals surface area contributed by atoms with Crippen LogP contribution < -0.4 is 16.0 Å². The molecule has 8 heteroatoms. The number of anilines is 2. The summed E-state index contributed by atoms with van der Waals surface area (Å²) >= 11 is 0. The Hall–Kier alpha value is -1.47. The van der Waals surface area contributed by atoms with Crippen LogP contribution in [-0.4, -0.2) is 26.0 Å². The van der Waals surface area contributed by atoms with Crippen molar-refractivity contribution in [2.24, 2.45) is 0 Å². The minimum absolute atomic E-state index is 0. The molecule has 0 aliphatic carbocycles. The van der Waals surface area contributed by atoms with Crippen molar-refractivity contribution in [2.75, 3.05) is 30.8 Å². The van der Waals surface area contributed by atoms with Crippen LogP contribution in [0.25, 0.3) is 0 Å². The van der Waals surface area contributed by atoms with Crippen LogP contribution in [0.4, 0.5) is 24.5 Å². The summed E-state index contributed by atoms with van der Waals surface area (Å²) in [4.78, 5) is 11.9. The van der Waals surface area contributed by atoms with E-state index in [0.717, 1.165) is 25.0 Å². The molecule has 0 bridgehead atoms. The summed E-state index contributed by atoms with van der Waals surface area (Å²) < 4.78 is 38.6. The monoisotopic (exact) mass is 367 g/mol. The second-order valence-electron chi connectivity index (χ2n) is 5.29. The van der Waals surface area contributed by atoms with Crippen molar-refractivity contribution in [3.63, 3.8) is 0 Å². The van der Waals surface area contributed by atoms with Crippen LogP contribution >= 0.6 is 12.4 Å². The van der Waals surface area contributed by atoms with Gasteiger partial charge in [0, 0.05) is 13.0 Å². The zero-order valence-corrected chi connectivity index (χ0v) is 14.7. The fourth-order valence-corrected chi connectivity index (χ4v) is 2.02. The van der Waals surface area contributed by atoms with Gasteiger partial charge in [0.25, 0.3) is 0 Å². The minimum atomic E-state index is -4.44. The zero-order valence-electron chi connectivity index (χ0n) is 13.9. The molecule has 0 atom stereocenters. The molecule has 0 aromatic heterocycles. The largest absolute Gasteiger partial charge is 0.416 e. The van der Waals surface area contributed by atoms with Crippen LogP contribution in [0.15, 0.2) is 18.2 Å². The molecule has 1 amide bonds. The fourth-order valence-electron chi connectivity index (χ4n) is 2.02. The van der Waals surface area contributed by atoms with Crippen LogP contribution in [0.5, 0.6) is 0 Å². The number of amides is 1. The van der Waals surface area contributed by atoms with Gasteiger partial charge in [0.1, 0.15) is 0 Å². The molecule has 138 valence electrons. The Kier molecular flexibility index (Phi) is 10.5. The first kappa shape index (κ1) is 22.5. The zero-order chi connectivity index (χ0) is 17.3. The van der Waals surface area contributed by atoms with E-state index in [9.17, 15) is 18.0 Å². The Labute approximate surface area is 147 Å². The van der Waals surface area contributed by atoms with Crippen LogP contribution in [-0.2, 0) is 11.0 Å². The first-order chi connectivity index (χ1) is 10.9. The second kappa shape index (κ2) is 11.1. The molecule has 1 aromatic carbocycles. The van der Waals surface area contributed by atoms with Gasteiger partial charge >= 0.3 is 6.18 Å². The van der Waals surface area contributed by atoms with Gasteiger partial charge in [-0.05, 0) is 44.6 Å². The van der Waals surface area contributed by atoms with Gasteiger partial charge in [0.05, 0.1) is 16.9 Å². The Morgan fingerprint density at radius 1 is 1.12 bits per heavy atom. The topological polar surface area (TPSA) is 53.2 Å². The van der Waals surface area contributed by atoms with Gasteiger partial charge < -0.3 is 16.0 Å². The molecule has 24 heavy (non-hydrogen) atoms. The van der Waals surface area contributed by atoms with Crippen LogP contribution in [0.2, 0.25) is 0 Å². The van der Waals surface area contributed by atoms with E-state index in [2.05, 4.69) is 16.0 Å². The first-order valence-corrected chi connectivity index (χ1v) is 7.78. The second-order valence-corrected chi connectivity index (χ2v) is 5.29. The number of unbranched alkanes of at least 4 members (excludes halogenated alkanes) is 1. The molecule has 0 unspecified atom stereocenters. The van der Waals surface area contributed by atoms with Crippen molar-refractivity contribution in [2.45, 2.75) is 38.8 Å². The van der Waals surface area contributed by atoms with Crippen molar-refractivity contribution in [3.8, 4) is 0 Å². The molecule has 0 radical (unpaired) electrons. The summed E-state index contributed by atoms with van der Waals surface area (Å²) in [6.45, 7) is 3.35. The molecule has 0 fully saturated rings. The molecule has 0 spiro atoms. The third-order valence-corrected chi connectivity index (χ3v) is 3.30. The van der Waals surface area contributed by atoms with Gasteiger partial charge in [-0.3, -0.25) is 4.79 Å². The average molecular weight is 368 g/mol. The number of halogens is 4. The molecule has 4 nitrogen and oxygen atoms in total. The third kappa shape index (κ3) is 7.88. The van der Waals surface area contributed by atoms with E-state index in [0.29, 0.717) is 25.2 Å². The van der Waals surface area contributed by atoms with Crippen molar-refractivity contribution in [1.82, 2.24) is 5.32 Å². The highest BCUT2D eigenvalue weighted by atomic mass is 35.5. The number of nitrogens with one attached hydrogen (secondary N) is 3. The van der Waals surface area contributed by atoms with Gasteiger partial charge in [0.2, 0.25) is 5.91 Å². The Bertz CT molecular complexity index is 510. The Morgan fingerprint density at radius 2 is 1.83 bits per heavy atom. The summed E-state index contributed by atoms with van der Waals surface area (Å²) in [6, 6.07) is 3.36. The maximum Gasteiger partial charge on any atom is 0.416 e. The number of benzene rings is 1. The lowest BCUT2D eigenvalue weighted by atomic mass is 10.1. The average Bonchev–Trinajstić information content (AvgIpc) is 2.48. The van der Waals surface area contributed by atoms with E-state index in [1.54, 1.807) is 7.05 Å². The summed E-state index contributed by atoms with van der Waals surface area (Å²) in [5.74, 6) is -0.293. The Balaban J connectivity index is 0.00000529. The van der Waals surface area contributed by atoms with E-state index >= 15 is 0 Å². The van der Waals surface area contributed by atoms with Crippen LogP contribution in [0, 0.1) is 0 Å². The quantitative estimate of drug-likeness (QED) is 0.571. The Morgan fingerprint density at radius 3 is 2.42 bits per heavy atom. The molecular weight excluding hydrogens is 343 g/mol. The highest BCUT2D eigenvalue weighted by molar-refractivity contribution is 5.94. The van der Waals surface area contributed by atoms with Gasteiger partial charge in [-0.15, -0.1) is 12.4 Å². The molecule has 0 aliphatic rings. The molecule has 3 N–H and O–H groups in total. The van der Waals surface area contributed by atoms with E-state index < -0.39 is 11.7 Å². The molecule has 0 heterocycles. The van der Waals surface area contributed by atoms with Crippen molar-refractivity contribution in [3.05, 3.63) is 23.8 Å². The van der Waals surface area contributed by atoms with E-state index in [1.165, 1.54) is 6.07 Å². The van der Waals surface area contributed by atoms with E-state index in [1.807, 2.05) is 6.92 Å². The van der Waals surface area contributed by atoms with Crippen molar-refractivity contribution < 1.29 is 18.0 Å². The number of hydrogen-bond acceptors (Lipinski definition) is 3. The lowest BCUT2D eigenvalue weighted by Gasteiger charge is -2.16. The fraction of sp³-hybridized carbons (Fsp3) is 0.562. The number of carbonyl (C=O) groups excluding carboxylic acids is 1. The smallest absolute Gasteiger partial charge is 0.383 e. The molecule has 1 aromatic rings. The molecule has 1 rings (SSSR count). The number of carbonyl (C=O) groups is 1. The number of alkyl halides is 3. The van der Waals surface area contributed by atoms with E-state index in [-0.39, 0.29) is 30.4 Å². The summed E-state index contributed by atoms with van der Waals surface area (Å²) in [6.07, 6.45) is -1.69.